The Morgan fingerprint density at radius 1 is 1.43 bits per heavy atom. The van der Waals surface area contributed by atoms with Gasteiger partial charge in [-0.05, 0) is 18.7 Å². The molecule has 0 aliphatic heterocycles. The van der Waals surface area contributed by atoms with Crippen molar-refractivity contribution in [3.8, 4) is 0 Å². The second-order valence-corrected chi connectivity index (χ2v) is 2.48. The van der Waals surface area contributed by atoms with Gasteiger partial charge in [-0.25, -0.2) is 4.79 Å². The van der Waals surface area contributed by atoms with Gasteiger partial charge in [0, 0.05) is 6.42 Å². The summed E-state index contributed by atoms with van der Waals surface area (Å²) in [5, 5.41) is 14.4. The molecule has 0 aromatic carbocycles. The lowest BCUT2D eigenvalue weighted by Gasteiger charge is -2.09. The van der Waals surface area contributed by atoms with Gasteiger partial charge in [0.2, 0.25) is 5.28 Å². The van der Waals surface area contributed by atoms with E-state index in [1.807, 2.05) is 0 Å². The summed E-state index contributed by atoms with van der Waals surface area (Å²) < 4.78 is 4.70. The zero-order valence-corrected chi connectivity index (χ0v) is 8.73. The highest BCUT2D eigenvalue weighted by molar-refractivity contribution is 5.74. The first-order chi connectivity index (χ1) is 6.67. The van der Waals surface area contributed by atoms with Crippen molar-refractivity contribution in [2.75, 3.05) is 13.2 Å². The summed E-state index contributed by atoms with van der Waals surface area (Å²) in [6, 6.07) is -0.915. The van der Waals surface area contributed by atoms with E-state index in [9.17, 15) is 10.0 Å². The Morgan fingerprint density at radius 3 is 2.50 bits per heavy atom. The van der Waals surface area contributed by atoms with Crippen LogP contribution >= 0.6 is 0 Å². The largest absolute Gasteiger partial charge is 0.597 e. The van der Waals surface area contributed by atoms with E-state index in [-0.39, 0.29) is 18.1 Å². The zero-order chi connectivity index (χ0) is 11.0. The minimum atomic E-state index is -0.915. The van der Waals surface area contributed by atoms with Gasteiger partial charge in [0.15, 0.2) is 0 Å². The van der Waals surface area contributed by atoms with E-state index in [1.165, 1.54) is 0 Å². The van der Waals surface area contributed by atoms with Crippen LogP contribution in [-0.4, -0.2) is 30.1 Å². The molecule has 6 nitrogen and oxygen atoms in total. The standard InChI is InChI=1S/C8H16N2O4/c1-4-7(8(11)13-5-2)10(12)9-14-6-3/h7H,4-6H2,1-3H3/b10-9-. The molecule has 82 valence electrons. The van der Waals surface area contributed by atoms with Crippen molar-refractivity contribution < 1.29 is 19.2 Å². The first kappa shape index (κ1) is 12.7. The third-order valence-electron chi connectivity index (χ3n) is 1.48. The average molecular weight is 204 g/mol. The van der Waals surface area contributed by atoms with Crippen LogP contribution in [0.3, 0.4) is 0 Å². The van der Waals surface area contributed by atoms with E-state index in [2.05, 4.69) is 10.1 Å². The van der Waals surface area contributed by atoms with Gasteiger partial charge in [-0.15, -0.1) is 0 Å². The molecule has 6 heteroatoms. The van der Waals surface area contributed by atoms with Crippen LogP contribution in [0.1, 0.15) is 27.2 Å². The number of esters is 1. The van der Waals surface area contributed by atoms with Crippen LogP contribution in [0.2, 0.25) is 0 Å². The lowest BCUT2D eigenvalue weighted by atomic mass is 10.2. The first-order valence-corrected chi connectivity index (χ1v) is 4.63. The van der Waals surface area contributed by atoms with Crippen molar-refractivity contribution in [2.45, 2.75) is 33.2 Å². The minimum Gasteiger partial charge on any atom is -0.597 e. The smallest absolute Gasteiger partial charge is 0.379 e. The van der Waals surface area contributed by atoms with Crippen molar-refractivity contribution >= 4 is 5.97 Å². The Balaban J connectivity index is 4.31. The number of hydroxylamine groups is 1. The fraction of sp³-hybridized carbons (Fsp3) is 0.875. The molecule has 1 atom stereocenters. The number of hydrogen-bond acceptors (Lipinski definition) is 5. The molecule has 0 radical (unpaired) electrons. The van der Waals surface area contributed by atoms with E-state index in [0.717, 1.165) is 0 Å². The van der Waals surface area contributed by atoms with Crippen molar-refractivity contribution in [1.82, 2.24) is 0 Å². The first-order valence-electron chi connectivity index (χ1n) is 4.63. The van der Waals surface area contributed by atoms with E-state index in [0.29, 0.717) is 6.42 Å². The molecule has 0 saturated heterocycles. The lowest BCUT2D eigenvalue weighted by molar-refractivity contribution is -0.583. The number of carbonyl (C=O) groups excluding carboxylic acids is 1. The maximum atomic E-state index is 11.2. The molecule has 0 aliphatic rings. The Kier molecular flexibility index (Phi) is 6.43. The monoisotopic (exact) mass is 204 g/mol. The summed E-state index contributed by atoms with van der Waals surface area (Å²) in [7, 11) is 0. The molecule has 0 spiro atoms. The second-order valence-electron chi connectivity index (χ2n) is 2.48. The normalized spacial score (nSPS) is 13.5. The third-order valence-corrected chi connectivity index (χ3v) is 1.48. The van der Waals surface area contributed by atoms with Crippen LogP contribution in [0.4, 0.5) is 0 Å². The number of nitrogens with zero attached hydrogens (tertiary/aromatic N) is 2. The molecular formula is C8H16N2O4. The molecule has 0 saturated carbocycles. The molecule has 0 heterocycles. The molecule has 0 amide bonds. The summed E-state index contributed by atoms with van der Waals surface area (Å²) in [4.78, 5) is 16.0. The van der Waals surface area contributed by atoms with Crippen LogP contribution in [0.5, 0.6) is 0 Å². The summed E-state index contributed by atoms with van der Waals surface area (Å²) in [6.45, 7) is 5.62. The zero-order valence-electron chi connectivity index (χ0n) is 8.73. The Morgan fingerprint density at radius 2 is 2.07 bits per heavy atom. The molecule has 0 fully saturated rings. The lowest BCUT2D eigenvalue weighted by Crippen LogP contribution is -2.31. The van der Waals surface area contributed by atoms with Crippen molar-refractivity contribution in [1.29, 1.82) is 0 Å². The fourth-order valence-electron chi connectivity index (χ4n) is 0.823. The molecule has 0 bridgehead atoms. The van der Waals surface area contributed by atoms with Crippen LogP contribution in [0.15, 0.2) is 5.28 Å². The number of carbonyl (C=O) groups is 1. The molecule has 0 aliphatic carbocycles. The van der Waals surface area contributed by atoms with Gasteiger partial charge in [-0.2, -0.15) is 0 Å². The number of rotatable bonds is 6. The predicted molar refractivity (Wildman–Crippen MR) is 48.4 cm³/mol. The van der Waals surface area contributed by atoms with E-state index in [1.54, 1.807) is 20.8 Å². The predicted octanol–water partition coefficient (Wildman–Crippen LogP) is 1.24. The summed E-state index contributed by atoms with van der Waals surface area (Å²) in [5.74, 6) is -0.576. The van der Waals surface area contributed by atoms with Crippen LogP contribution in [-0.2, 0) is 14.4 Å². The highest BCUT2D eigenvalue weighted by atomic mass is 16.7. The summed E-state index contributed by atoms with van der Waals surface area (Å²) in [5.41, 5.74) is 0. The van der Waals surface area contributed by atoms with Crippen molar-refractivity contribution in [2.24, 2.45) is 5.28 Å². The maximum absolute atomic E-state index is 11.2. The highest BCUT2D eigenvalue weighted by Crippen LogP contribution is 2.01. The van der Waals surface area contributed by atoms with Gasteiger partial charge in [0.05, 0.1) is 6.61 Å². The van der Waals surface area contributed by atoms with Gasteiger partial charge in [-0.3, -0.25) is 0 Å². The van der Waals surface area contributed by atoms with Crippen LogP contribution in [0.25, 0.3) is 0 Å². The second kappa shape index (κ2) is 7.11. The van der Waals surface area contributed by atoms with E-state index >= 15 is 0 Å². The molecule has 0 N–H and O–H groups in total. The Hall–Kier alpha value is -1.33. The quantitative estimate of drug-likeness (QED) is 0.282. The molecule has 1 unspecified atom stereocenters. The third kappa shape index (κ3) is 4.06. The molecule has 0 rings (SSSR count). The molecule has 0 aromatic heterocycles. The summed E-state index contributed by atoms with van der Waals surface area (Å²) >= 11 is 0. The fourth-order valence-corrected chi connectivity index (χ4v) is 0.823. The number of hydrogen-bond donors (Lipinski definition) is 0. The van der Waals surface area contributed by atoms with Crippen LogP contribution in [0, 0.1) is 5.21 Å². The van der Waals surface area contributed by atoms with Gasteiger partial charge >= 0.3 is 5.97 Å². The summed E-state index contributed by atoms with van der Waals surface area (Å²) in [6.07, 6.45) is 0.332. The molecule has 14 heavy (non-hydrogen) atoms. The Labute approximate surface area is 83.0 Å². The molecule has 0 aromatic rings. The van der Waals surface area contributed by atoms with E-state index in [4.69, 9.17) is 4.74 Å². The van der Waals surface area contributed by atoms with Gasteiger partial charge in [0.1, 0.15) is 6.61 Å². The van der Waals surface area contributed by atoms with Gasteiger partial charge < -0.3 is 14.8 Å². The van der Waals surface area contributed by atoms with Gasteiger partial charge in [-0.1, -0.05) is 6.92 Å². The number of ether oxygens (including phenoxy) is 1. The van der Waals surface area contributed by atoms with Gasteiger partial charge in [0.25, 0.3) is 6.04 Å². The SMILES string of the molecule is CCO/N=[N+](\[O-])C(CC)C(=O)OCC. The maximum Gasteiger partial charge on any atom is 0.379 e. The Bertz CT molecular complexity index is 206. The average Bonchev–Trinajstić information content (AvgIpc) is 2.16. The van der Waals surface area contributed by atoms with E-state index < -0.39 is 12.0 Å². The minimum absolute atomic E-state index is 0.238. The highest BCUT2D eigenvalue weighted by Gasteiger charge is 2.27. The van der Waals surface area contributed by atoms with Crippen molar-refractivity contribution in [3.63, 3.8) is 0 Å². The molecular weight excluding hydrogens is 188 g/mol. The van der Waals surface area contributed by atoms with Crippen LogP contribution < -0.4 is 0 Å². The van der Waals surface area contributed by atoms with Crippen molar-refractivity contribution in [3.05, 3.63) is 5.21 Å². The topological polar surface area (TPSA) is 74.0 Å².